The molecule has 0 bridgehead atoms. The van der Waals surface area contributed by atoms with Crippen LogP contribution in [0.2, 0.25) is 0 Å². The maximum Gasteiger partial charge on any atom is 0.313 e. The summed E-state index contributed by atoms with van der Waals surface area (Å²) in [4.78, 5) is 14.9. The SMILES string of the molecule is CC(C)c1cnc(SCC(=O)O)n1CC(C)S(C)=O. The standard InChI is InChI=1S/C12H20N2O3S2/c1-8(2)10-5-13-12(18-7-11(15)16)14(10)6-9(3)19(4)17/h5,8-9H,6-7H2,1-4H3,(H,15,16). The molecule has 0 aliphatic heterocycles. The van der Waals surface area contributed by atoms with Crippen molar-refractivity contribution >= 4 is 28.5 Å². The highest BCUT2D eigenvalue weighted by Gasteiger charge is 2.17. The fourth-order valence-electron chi connectivity index (χ4n) is 1.62. The Morgan fingerprint density at radius 1 is 1.53 bits per heavy atom. The van der Waals surface area contributed by atoms with Gasteiger partial charge in [-0.3, -0.25) is 9.00 Å². The molecule has 0 radical (unpaired) electrons. The van der Waals surface area contributed by atoms with E-state index in [-0.39, 0.29) is 11.0 Å². The van der Waals surface area contributed by atoms with Crippen molar-refractivity contribution in [1.29, 1.82) is 0 Å². The van der Waals surface area contributed by atoms with Gasteiger partial charge in [-0.2, -0.15) is 0 Å². The minimum absolute atomic E-state index is 0.0101. The summed E-state index contributed by atoms with van der Waals surface area (Å²) in [5.74, 6) is -0.583. The van der Waals surface area contributed by atoms with Crippen molar-refractivity contribution in [3.05, 3.63) is 11.9 Å². The predicted octanol–water partition coefficient (Wildman–Crippen LogP) is 1.95. The van der Waals surface area contributed by atoms with Gasteiger partial charge in [-0.1, -0.05) is 25.6 Å². The van der Waals surface area contributed by atoms with Crippen LogP contribution in [-0.4, -0.2) is 42.1 Å². The third-order valence-electron chi connectivity index (χ3n) is 2.77. The van der Waals surface area contributed by atoms with E-state index >= 15 is 0 Å². The Balaban J connectivity index is 2.97. The van der Waals surface area contributed by atoms with Crippen molar-refractivity contribution in [1.82, 2.24) is 9.55 Å². The normalized spacial score (nSPS) is 14.6. The van der Waals surface area contributed by atoms with Crippen LogP contribution in [0, 0.1) is 0 Å². The molecule has 7 heteroatoms. The van der Waals surface area contributed by atoms with E-state index in [0.29, 0.717) is 17.6 Å². The smallest absolute Gasteiger partial charge is 0.313 e. The van der Waals surface area contributed by atoms with E-state index in [0.717, 1.165) is 5.69 Å². The van der Waals surface area contributed by atoms with E-state index in [1.165, 1.54) is 11.8 Å². The average molecular weight is 304 g/mol. The van der Waals surface area contributed by atoms with Gasteiger partial charge in [0, 0.05) is 40.7 Å². The van der Waals surface area contributed by atoms with Crippen molar-refractivity contribution in [3.8, 4) is 0 Å². The van der Waals surface area contributed by atoms with Crippen LogP contribution in [0.4, 0.5) is 0 Å². The topological polar surface area (TPSA) is 72.2 Å². The van der Waals surface area contributed by atoms with Crippen molar-refractivity contribution < 1.29 is 14.1 Å². The number of aromatic nitrogens is 2. The number of thioether (sulfide) groups is 1. The second kappa shape index (κ2) is 7.09. The third-order valence-corrected chi connectivity index (χ3v) is 5.03. The zero-order chi connectivity index (χ0) is 14.6. The molecule has 1 rings (SSSR count). The lowest BCUT2D eigenvalue weighted by molar-refractivity contribution is -0.133. The van der Waals surface area contributed by atoms with E-state index in [1.54, 1.807) is 12.5 Å². The molecule has 5 nitrogen and oxygen atoms in total. The van der Waals surface area contributed by atoms with Gasteiger partial charge in [0.15, 0.2) is 5.16 Å². The van der Waals surface area contributed by atoms with Crippen LogP contribution in [0.15, 0.2) is 11.4 Å². The maximum absolute atomic E-state index is 11.5. The number of carboxylic acids is 1. The van der Waals surface area contributed by atoms with Crippen molar-refractivity contribution in [3.63, 3.8) is 0 Å². The number of nitrogens with zero attached hydrogens (tertiary/aromatic N) is 2. The summed E-state index contributed by atoms with van der Waals surface area (Å²) >= 11 is 1.20. The second-order valence-corrected chi connectivity index (χ2v) is 7.47. The van der Waals surface area contributed by atoms with Crippen LogP contribution in [0.3, 0.4) is 0 Å². The Morgan fingerprint density at radius 2 is 2.16 bits per heavy atom. The largest absolute Gasteiger partial charge is 0.481 e. The number of carbonyl (C=O) groups is 1. The highest BCUT2D eigenvalue weighted by Crippen LogP contribution is 2.24. The third kappa shape index (κ3) is 4.65. The molecule has 0 fully saturated rings. The van der Waals surface area contributed by atoms with Gasteiger partial charge in [-0.15, -0.1) is 0 Å². The second-order valence-electron chi connectivity index (χ2n) is 4.72. The number of carboxylic acid groups (broad SMARTS) is 1. The highest BCUT2D eigenvalue weighted by molar-refractivity contribution is 7.99. The molecule has 2 atom stereocenters. The zero-order valence-electron chi connectivity index (χ0n) is 11.6. The Bertz CT molecular complexity index is 472. The van der Waals surface area contributed by atoms with E-state index < -0.39 is 16.8 Å². The summed E-state index contributed by atoms with van der Waals surface area (Å²) in [6.45, 7) is 6.64. The van der Waals surface area contributed by atoms with E-state index in [1.807, 2.05) is 11.5 Å². The summed E-state index contributed by atoms with van der Waals surface area (Å²) in [6.07, 6.45) is 3.46. The highest BCUT2D eigenvalue weighted by atomic mass is 32.2. The molecule has 1 aromatic heterocycles. The van der Waals surface area contributed by atoms with Gasteiger partial charge in [0.05, 0.1) is 5.75 Å². The van der Waals surface area contributed by atoms with E-state index in [2.05, 4.69) is 18.8 Å². The maximum atomic E-state index is 11.5. The molecule has 2 unspecified atom stereocenters. The number of imidazole rings is 1. The molecule has 0 aliphatic rings. The monoisotopic (exact) mass is 304 g/mol. The summed E-state index contributed by atoms with van der Waals surface area (Å²) in [5, 5.41) is 9.44. The Morgan fingerprint density at radius 3 is 2.63 bits per heavy atom. The first kappa shape index (κ1) is 16.2. The minimum Gasteiger partial charge on any atom is -0.481 e. The lowest BCUT2D eigenvalue weighted by Crippen LogP contribution is -2.20. The summed E-state index contributed by atoms with van der Waals surface area (Å²) in [5.41, 5.74) is 1.05. The molecule has 0 amide bonds. The fourth-order valence-corrected chi connectivity index (χ4v) is 2.69. The quantitative estimate of drug-likeness (QED) is 0.780. The van der Waals surface area contributed by atoms with Gasteiger partial charge in [0.1, 0.15) is 0 Å². The first-order chi connectivity index (χ1) is 8.82. The molecule has 1 N–H and O–H groups in total. The Hall–Kier alpha value is -0.820. The van der Waals surface area contributed by atoms with Gasteiger partial charge in [0.25, 0.3) is 0 Å². The van der Waals surface area contributed by atoms with Crippen LogP contribution >= 0.6 is 11.8 Å². The lowest BCUT2D eigenvalue weighted by Gasteiger charge is -2.16. The fraction of sp³-hybridized carbons (Fsp3) is 0.667. The van der Waals surface area contributed by atoms with Gasteiger partial charge >= 0.3 is 5.97 Å². The van der Waals surface area contributed by atoms with Crippen molar-refractivity contribution in [2.24, 2.45) is 0 Å². The summed E-state index contributed by atoms with van der Waals surface area (Å²) < 4.78 is 13.5. The Kier molecular flexibility index (Phi) is 6.06. The number of hydrogen-bond acceptors (Lipinski definition) is 4. The van der Waals surface area contributed by atoms with Crippen LogP contribution in [0.5, 0.6) is 0 Å². The molecule has 1 heterocycles. The Labute approximate surface area is 120 Å². The molecule has 108 valence electrons. The molecular formula is C12H20N2O3S2. The van der Waals surface area contributed by atoms with E-state index in [9.17, 15) is 9.00 Å². The number of aliphatic carboxylic acids is 1. The number of hydrogen-bond donors (Lipinski definition) is 1. The van der Waals surface area contributed by atoms with Crippen LogP contribution in [0.25, 0.3) is 0 Å². The molecule has 1 aromatic rings. The molecule has 19 heavy (non-hydrogen) atoms. The minimum atomic E-state index is -0.912. The van der Waals surface area contributed by atoms with Crippen molar-refractivity contribution in [2.75, 3.05) is 12.0 Å². The molecule has 0 saturated heterocycles. The molecular weight excluding hydrogens is 284 g/mol. The number of rotatable bonds is 7. The first-order valence-electron chi connectivity index (χ1n) is 6.05. The molecule has 0 aromatic carbocycles. The molecule has 0 saturated carbocycles. The van der Waals surface area contributed by atoms with Crippen LogP contribution < -0.4 is 0 Å². The van der Waals surface area contributed by atoms with Gasteiger partial charge in [-0.25, -0.2) is 4.98 Å². The van der Waals surface area contributed by atoms with Gasteiger partial charge in [0.2, 0.25) is 0 Å². The lowest BCUT2D eigenvalue weighted by atomic mass is 10.1. The van der Waals surface area contributed by atoms with E-state index in [4.69, 9.17) is 5.11 Å². The zero-order valence-corrected chi connectivity index (χ0v) is 13.3. The summed E-state index contributed by atoms with van der Waals surface area (Å²) in [6, 6.07) is 0. The van der Waals surface area contributed by atoms with Crippen LogP contribution in [-0.2, 0) is 22.1 Å². The molecule has 0 aliphatic carbocycles. The van der Waals surface area contributed by atoms with Crippen LogP contribution in [0.1, 0.15) is 32.4 Å². The van der Waals surface area contributed by atoms with Gasteiger partial charge < -0.3 is 9.67 Å². The van der Waals surface area contributed by atoms with Crippen molar-refractivity contribution in [2.45, 2.75) is 43.6 Å². The van der Waals surface area contributed by atoms with Gasteiger partial charge in [-0.05, 0) is 12.8 Å². The molecule has 0 spiro atoms. The first-order valence-corrected chi connectivity index (χ1v) is 8.65. The summed E-state index contributed by atoms with van der Waals surface area (Å²) in [7, 11) is -0.912. The average Bonchev–Trinajstić information content (AvgIpc) is 2.69. The predicted molar refractivity (Wildman–Crippen MR) is 78.2 cm³/mol.